The first kappa shape index (κ1) is 26.1. The summed E-state index contributed by atoms with van der Waals surface area (Å²) in [5.41, 5.74) is 2.87. The van der Waals surface area contributed by atoms with Crippen molar-refractivity contribution in [2.45, 2.75) is 6.18 Å². The maximum Gasteiger partial charge on any atom is 0.416 e. The smallest absolute Gasteiger partial charge is 0.416 e. The largest absolute Gasteiger partial charge is 0.478 e. The van der Waals surface area contributed by atoms with E-state index in [1.54, 1.807) is 48.5 Å². The zero-order valence-corrected chi connectivity index (χ0v) is 20.4. The summed E-state index contributed by atoms with van der Waals surface area (Å²) < 4.78 is 38.8. The summed E-state index contributed by atoms with van der Waals surface area (Å²) in [6, 6.07) is 16.9. The molecule has 0 saturated carbocycles. The fourth-order valence-electron chi connectivity index (χ4n) is 4.10. The number of hydrogen-bond donors (Lipinski definition) is 6. The van der Waals surface area contributed by atoms with E-state index in [0.29, 0.717) is 39.6 Å². The molecule has 12 heteroatoms. The molecular weight excluding hydrogens is 527 g/mol. The van der Waals surface area contributed by atoms with Gasteiger partial charge in [0.15, 0.2) is 0 Å². The molecule has 6 N–H and O–H groups in total. The number of carbonyl (C=O) groups is 3. The third-order valence-corrected chi connectivity index (χ3v) is 5.91. The van der Waals surface area contributed by atoms with E-state index in [-0.39, 0.29) is 17.2 Å². The third kappa shape index (κ3) is 5.80. The lowest BCUT2D eigenvalue weighted by Crippen LogP contribution is -2.19. The van der Waals surface area contributed by atoms with Crippen LogP contribution in [0.5, 0.6) is 0 Å². The van der Waals surface area contributed by atoms with Crippen molar-refractivity contribution in [2.75, 3.05) is 21.3 Å². The minimum Gasteiger partial charge on any atom is -0.478 e. The molecule has 0 fully saturated rings. The second kappa shape index (κ2) is 10.3. The van der Waals surface area contributed by atoms with E-state index in [4.69, 9.17) is 5.11 Å². The molecule has 0 bridgehead atoms. The van der Waals surface area contributed by atoms with Crippen LogP contribution >= 0.6 is 0 Å². The molecule has 3 aromatic carbocycles. The lowest BCUT2D eigenvalue weighted by atomic mass is 10.1. The zero-order chi connectivity index (χ0) is 28.4. The van der Waals surface area contributed by atoms with Gasteiger partial charge in [0.1, 0.15) is 0 Å². The molecule has 40 heavy (non-hydrogen) atoms. The first-order valence-electron chi connectivity index (χ1n) is 11.8. The summed E-state index contributed by atoms with van der Waals surface area (Å²) in [6.45, 7) is 0. The van der Waals surface area contributed by atoms with Gasteiger partial charge in [-0.15, -0.1) is 0 Å². The molecule has 202 valence electrons. The fraction of sp³-hybridized carbons (Fsp3) is 0.0357. The number of aromatic nitrogens is 1. The van der Waals surface area contributed by atoms with Crippen LogP contribution in [-0.2, 0) is 11.0 Å². The number of H-pyrrole nitrogens is 1. The molecule has 9 nitrogen and oxygen atoms in total. The van der Waals surface area contributed by atoms with E-state index in [2.05, 4.69) is 26.3 Å². The van der Waals surface area contributed by atoms with Crippen LogP contribution < -0.4 is 21.3 Å². The van der Waals surface area contributed by atoms with E-state index in [1.807, 2.05) is 0 Å². The van der Waals surface area contributed by atoms with Crippen molar-refractivity contribution in [3.63, 3.8) is 0 Å². The van der Waals surface area contributed by atoms with Crippen molar-refractivity contribution in [3.8, 4) is 0 Å². The molecule has 5 rings (SSSR count). The third-order valence-electron chi connectivity index (χ3n) is 5.91. The Balaban J connectivity index is 1.27. The number of aromatic amines is 1. The summed E-state index contributed by atoms with van der Waals surface area (Å²) in [7, 11) is 0. The van der Waals surface area contributed by atoms with Gasteiger partial charge in [-0.3, -0.25) is 4.79 Å². The molecular formula is C28H20F3N5O4. The van der Waals surface area contributed by atoms with Crippen molar-refractivity contribution in [1.82, 2.24) is 4.98 Å². The van der Waals surface area contributed by atoms with Crippen LogP contribution in [0, 0.1) is 0 Å². The Morgan fingerprint density at radius 1 is 0.850 bits per heavy atom. The number of anilines is 5. The number of carbonyl (C=O) groups excluding carboxylic acids is 2. The predicted octanol–water partition coefficient (Wildman–Crippen LogP) is 6.61. The highest BCUT2D eigenvalue weighted by Crippen LogP contribution is 2.36. The van der Waals surface area contributed by atoms with Crippen molar-refractivity contribution < 1.29 is 32.7 Å². The molecule has 1 aliphatic heterocycles. The van der Waals surface area contributed by atoms with Crippen LogP contribution in [0.3, 0.4) is 0 Å². The van der Waals surface area contributed by atoms with Gasteiger partial charge in [-0.05, 0) is 60.7 Å². The summed E-state index contributed by atoms with van der Waals surface area (Å²) in [6.07, 6.45) is -1.62. The molecule has 2 heterocycles. The lowest BCUT2D eigenvalue weighted by Gasteiger charge is -2.12. The van der Waals surface area contributed by atoms with Gasteiger partial charge >= 0.3 is 18.2 Å². The number of hydrogen-bond acceptors (Lipinski definition) is 4. The number of halogens is 3. The van der Waals surface area contributed by atoms with E-state index in [9.17, 15) is 27.6 Å². The van der Waals surface area contributed by atoms with Crippen molar-refractivity contribution in [2.24, 2.45) is 0 Å². The molecule has 0 unspecified atom stereocenters. The summed E-state index contributed by atoms with van der Waals surface area (Å²) in [5, 5.41) is 20.0. The summed E-state index contributed by atoms with van der Waals surface area (Å²) in [4.78, 5) is 38.9. The molecule has 1 aliphatic rings. The minimum atomic E-state index is -4.53. The maximum absolute atomic E-state index is 12.9. The quantitative estimate of drug-likeness (QED) is 0.151. The van der Waals surface area contributed by atoms with Crippen molar-refractivity contribution in [3.05, 3.63) is 101 Å². The average molecular weight is 547 g/mol. The number of nitrogens with one attached hydrogen (secondary N) is 5. The maximum atomic E-state index is 12.9. The van der Waals surface area contributed by atoms with Crippen LogP contribution in [0.2, 0.25) is 0 Å². The normalized spacial score (nSPS) is 13.5. The number of urea groups is 1. The van der Waals surface area contributed by atoms with E-state index >= 15 is 0 Å². The SMILES string of the molecule is O=C(Nc1cccc(Nc2ccc3c(c2)NC(=O)C3=Cc2cc(C(=O)O)c[nH]2)c1)Nc1cccc(C(F)(F)F)c1. The molecule has 0 aliphatic carbocycles. The molecule has 0 atom stereocenters. The van der Waals surface area contributed by atoms with Gasteiger partial charge < -0.3 is 31.4 Å². The van der Waals surface area contributed by atoms with E-state index in [1.165, 1.54) is 24.4 Å². The van der Waals surface area contributed by atoms with Crippen LogP contribution in [-0.4, -0.2) is 28.0 Å². The number of carboxylic acid groups (broad SMARTS) is 1. The van der Waals surface area contributed by atoms with Gasteiger partial charge in [-0.25, -0.2) is 9.59 Å². The van der Waals surface area contributed by atoms with Crippen LogP contribution in [0.1, 0.15) is 27.2 Å². The number of amides is 3. The number of carboxylic acids is 1. The number of rotatable bonds is 6. The Morgan fingerprint density at radius 3 is 2.23 bits per heavy atom. The zero-order valence-electron chi connectivity index (χ0n) is 20.4. The monoisotopic (exact) mass is 547 g/mol. The number of fused-ring (bicyclic) bond motifs is 1. The Bertz CT molecular complexity index is 1680. The number of benzene rings is 3. The fourth-order valence-corrected chi connectivity index (χ4v) is 4.10. The highest BCUT2D eigenvalue weighted by atomic mass is 19.4. The van der Waals surface area contributed by atoms with Crippen LogP contribution in [0.25, 0.3) is 11.6 Å². The van der Waals surface area contributed by atoms with Gasteiger partial charge in [-0.2, -0.15) is 13.2 Å². The van der Waals surface area contributed by atoms with Crippen molar-refractivity contribution >= 4 is 58.0 Å². The first-order valence-corrected chi connectivity index (χ1v) is 11.8. The van der Waals surface area contributed by atoms with E-state index in [0.717, 1.165) is 12.1 Å². The van der Waals surface area contributed by atoms with Gasteiger partial charge in [0, 0.05) is 40.2 Å². The molecule has 0 radical (unpaired) electrons. The molecule has 0 saturated heterocycles. The number of alkyl halides is 3. The highest BCUT2D eigenvalue weighted by molar-refractivity contribution is 6.35. The van der Waals surface area contributed by atoms with Gasteiger partial charge in [0.2, 0.25) is 0 Å². The molecule has 4 aromatic rings. The number of aromatic carboxylic acids is 1. The van der Waals surface area contributed by atoms with Gasteiger partial charge in [-0.1, -0.05) is 18.2 Å². The Kier molecular flexibility index (Phi) is 6.74. The Labute approximate surface area is 224 Å². The average Bonchev–Trinajstić information content (AvgIpc) is 3.48. The van der Waals surface area contributed by atoms with E-state index < -0.39 is 23.7 Å². The first-order chi connectivity index (χ1) is 19.0. The predicted molar refractivity (Wildman–Crippen MR) is 145 cm³/mol. The Hall–Kier alpha value is -5.52. The topological polar surface area (TPSA) is 135 Å². The van der Waals surface area contributed by atoms with Gasteiger partial charge in [0.25, 0.3) is 5.91 Å². The second-order valence-corrected chi connectivity index (χ2v) is 8.78. The minimum absolute atomic E-state index is 0.00574. The molecule has 1 aromatic heterocycles. The molecule has 3 amide bonds. The van der Waals surface area contributed by atoms with Crippen molar-refractivity contribution in [1.29, 1.82) is 0 Å². The summed E-state index contributed by atoms with van der Waals surface area (Å²) in [5.74, 6) is -1.42. The standard InChI is InChI=1S/C28H20F3N5O4/c29-28(30,31)16-3-1-4-17(10-16)34-27(40)35-19-6-2-5-18(11-19)33-20-7-8-22-23(25(37)36-24(22)13-20)12-21-9-15(14-32-21)26(38)39/h1-14,32-33H,(H,36,37)(H,38,39)(H2,34,35,40). The second-order valence-electron chi connectivity index (χ2n) is 8.78. The Morgan fingerprint density at radius 2 is 1.52 bits per heavy atom. The van der Waals surface area contributed by atoms with Crippen LogP contribution in [0.4, 0.5) is 46.4 Å². The molecule has 0 spiro atoms. The van der Waals surface area contributed by atoms with Crippen LogP contribution in [0.15, 0.2) is 79.0 Å². The summed E-state index contributed by atoms with van der Waals surface area (Å²) >= 11 is 0. The highest BCUT2D eigenvalue weighted by Gasteiger charge is 2.30. The lowest BCUT2D eigenvalue weighted by molar-refractivity contribution is -0.137. The van der Waals surface area contributed by atoms with Gasteiger partial charge in [0.05, 0.1) is 22.4 Å².